The van der Waals surface area contributed by atoms with Crippen LogP contribution in [0, 0.1) is 6.92 Å². The Labute approximate surface area is 116 Å². The minimum absolute atomic E-state index is 0.0124. The standard InChI is InChI=1S/C15H15NO4/c1-9-7-13(14(10(2)17)15(18)20-9)16-11-5-4-6-12(8-11)19-3/h4-8,16H,1-3H3. The van der Waals surface area contributed by atoms with Crippen LogP contribution in [0.3, 0.4) is 0 Å². The fraction of sp³-hybridized carbons (Fsp3) is 0.200. The SMILES string of the molecule is COc1cccc(Nc2cc(C)oc(=O)c2C(C)=O)c1. The van der Waals surface area contributed by atoms with Gasteiger partial charge in [0.1, 0.15) is 17.1 Å². The first-order chi connectivity index (χ1) is 9.51. The second-order valence-electron chi connectivity index (χ2n) is 4.35. The van der Waals surface area contributed by atoms with Gasteiger partial charge in [0, 0.05) is 17.8 Å². The van der Waals surface area contributed by atoms with Crippen LogP contribution in [0.1, 0.15) is 23.0 Å². The molecule has 0 saturated carbocycles. The van der Waals surface area contributed by atoms with Gasteiger partial charge < -0.3 is 14.5 Å². The van der Waals surface area contributed by atoms with Crippen molar-refractivity contribution in [1.82, 2.24) is 0 Å². The van der Waals surface area contributed by atoms with E-state index in [1.807, 2.05) is 18.2 Å². The summed E-state index contributed by atoms with van der Waals surface area (Å²) in [6, 6.07) is 8.83. The zero-order valence-corrected chi connectivity index (χ0v) is 11.5. The monoisotopic (exact) mass is 273 g/mol. The van der Waals surface area contributed by atoms with E-state index in [0.717, 1.165) is 5.69 Å². The van der Waals surface area contributed by atoms with Crippen molar-refractivity contribution in [1.29, 1.82) is 0 Å². The Morgan fingerprint density at radius 2 is 2.05 bits per heavy atom. The van der Waals surface area contributed by atoms with E-state index in [-0.39, 0.29) is 11.3 Å². The van der Waals surface area contributed by atoms with Crippen LogP contribution in [0.5, 0.6) is 5.75 Å². The summed E-state index contributed by atoms with van der Waals surface area (Å²) in [7, 11) is 1.57. The maximum atomic E-state index is 11.8. The molecule has 2 rings (SSSR count). The van der Waals surface area contributed by atoms with Gasteiger partial charge in [-0.25, -0.2) is 4.79 Å². The number of hydrogen-bond acceptors (Lipinski definition) is 5. The molecule has 5 heteroatoms. The molecule has 0 saturated heterocycles. The third-order valence-electron chi connectivity index (χ3n) is 2.78. The first-order valence-electron chi connectivity index (χ1n) is 6.08. The molecule has 1 aromatic heterocycles. The lowest BCUT2D eigenvalue weighted by molar-refractivity contribution is 0.101. The van der Waals surface area contributed by atoms with Gasteiger partial charge in [-0.15, -0.1) is 0 Å². The average Bonchev–Trinajstić information content (AvgIpc) is 2.37. The molecule has 0 amide bonds. The highest BCUT2D eigenvalue weighted by atomic mass is 16.5. The number of Topliss-reactive ketones (excluding diaryl/α,β-unsaturated/α-hetero) is 1. The van der Waals surface area contributed by atoms with E-state index in [2.05, 4.69) is 5.32 Å². The van der Waals surface area contributed by atoms with Crippen LogP contribution < -0.4 is 15.7 Å². The number of anilines is 2. The molecule has 1 heterocycles. The minimum Gasteiger partial charge on any atom is -0.497 e. The first-order valence-corrected chi connectivity index (χ1v) is 6.08. The molecule has 0 unspecified atom stereocenters. The third-order valence-corrected chi connectivity index (χ3v) is 2.78. The molecule has 0 aliphatic rings. The summed E-state index contributed by atoms with van der Waals surface area (Å²) in [4.78, 5) is 23.4. The summed E-state index contributed by atoms with van der Waals surface area (Å²) in [6.07, 6.45) is 0. The highest BCUT2D eigenvalue weighted by Crippen LogP contribution is 2.23. The molecule has 104 valence electrons. The van der Waals surface area contributed by atoms with Crippen molar-refractivity contribution in [3.8, 4) is 5.75 Å². The molecule has 0 aliphatic heterocycles. The van der Waals surface area contributed by atoms with E-state index in [9.17, 15) is 9.59 Å². The normalized spacial score (nSPS) is 10.2. The zero-order valence-electron chi connectivity index (χ0n) is 11.5. The quantitative estimate of drug-likeness (QED) is 0.867. The van der Waals surface area contributed by atoms with Gasteiger partial charge in [-0.2, -0.15) is 0 Å². The van der Waals surface area contributed by atoms with Crippen LogP contribution in [0.4, 0.5) is 11.4 Å². The lowest BCUT2D eigenvalue weighted by Gasteiger charge is -2.11. The van der Waals surface area contributed by atoms with Crippen molar-refractivity contribution in [2.45, 2.75) is 13.8 Å². The van der Waals surface area contributed by atoms with Crippen molar-refractivity contribution in [3.05, 3.63) is 52.1 Å². The van der Waals surface area contributed by atoms with Gasteiger partial charge in [0.15, 0.2) is 5.78 Å². The van der Waals surface area contributed by atoms with Gasteiger partial charge in [-0.05, 0) is 26.0 Å². The molecular formula is C15H15NO4. The molecule has 0 atom stereocenters. The van der Waals surface area contributed by atoms with Gasteiger partial charge in [0.25, 0.3) is 0 Å². The third kappa shape index (κ3) is 2.88. The van der Waals surface area contributed by atoms with Crippen LogP contribution in [-0.2, 0) is 0 Å². The van der Waals surface area contributed by atoms with Gasteiger partial charge in [-0.1, -0.05) is 6.07 Å². The maximum Gasteiger partial charge on any atom is 0.348 e. The van der Waals surface area contributed by atoms with E-state index in [1.54, 1.807) is 26.2 Å². The molecule has 0 bridgehead atoms. The van der Waals surface area contributed by atoms with Crippen LogP contribution in [0.25, 0.3) is 0 Å². The molecule has 0 fully saturated rings. The maximum absolute atomic E-state index is 11.8. The Hall–Kier alpha value is -2.56. The fourth-order valence-corrected chi connectivity index (χ4v) is 1.90. The summed E-state index contributed by atoms with van der Waals surface area (Å²) in [5.41, 5.74) is 0.526. The molecular weight excluding hydrogens is 258 g/mol. The summed E-state index contributed by atoms with van der Waals surface area (Å²) in [6.45, 7) is 2.99. The molecule has 2 aromatic rings. The second-order valence-corrected chi connectivity index (χ2v) is 4.35. The van der Waals surface area contributed by atoms with Crippen LogP contribution >= 0.6 is 0 Å². The Morgan fingerprint density at radius 3 is 2.70 bits per heavy atom. The number of hydrogen-bond donors (Lipinski definition) is 1. The number of carbonyl (C=O) groups is 1. The van der Waals surface area contributed by atoms with Crippen LogP contribution in [0.2, 0.25) is 0 Å². The molecule has 0 spiro atoms. The average molecular weight is 273 g/mol. The van der Waals surface area contributed by atoms with E-state index in [1.165, 1.54) is 6.92 Å². The summed E-state index contributed by atoms with van der Waals surface area (Å²) in [5.74, 6) is 0.772. The van der Waals surface area contributed by atoms with Gasteiger partial charge >= 0.3 is 5.63 Å². The minimum atomic E-state index is -0.636. The number of benzene rings is 1. The van der Waals surface area contributed by atoms with Crippen molar-refractivity contribution >= 4 is 17.2 Å². The van der Waals surface area contributed by atoms with Gasteiger partial charge in [0.2, 0.25) is 0 Å². The zero-order chi connectivity index (χ0) is 14.7. The summed E-state index contributed by atoms with van der Waals surface area (Å²) < 4.78 is 10.1. The van der Waals surface area contributed by atoms with Crippen molar-refractivity contribution in [3.63, 3.8) is 0 Å². The van der Waals surface area contributed by atoms with E-state index in [0.29, 0.717) is 17.2 Å². The van der Waals surface area contributed by atoms with Crippen LogP contribution in [0.15, 0.2) is 39.5 Å². The predicted molar refractivity (Wildman–Crippen MR) is 76.0 cm³/mol. The molecule has 1 N–H and O–H groups in total. The number of ether oxygens (including phenoxy) is 1. The molecule has 1 aromatic carbocycles. The highest BCUT2D eigenvalue weighted by molar-refractivity contribution is 5.99. The molecule has 0 aliphatic carbocycles. The van der Waals surface area contributed by atoms with E-state index >= 15 is 0 Å². The van der Waals surface area contributed by atoms with E-state index in [4.69, 9.17) is 9.15 Å². The molecule has 20 heavy (non-hydrogen) atoms. The van der Waals surface area contributed by atoms with Crippen molar-refractivity contribution < 1.29 is 13.9 Å². The first kappa shape index (κ1) is 13.9. The number of methoxy groups -OCH3 is 1. The number of aryl methyl sites for hydroxylation is 1. The highest BCUT2D eigenvalue weighted by Gasteiger charge is 2.15. The number of rotatable bonds is 4. The number of ketones is 1. The lowest BCUT2D eigenvalue weighted by Crippen LogP contribution is -2.15. The Balaban J connectivity index is 2.47. The van der Waals surface area contributed by atoms with E-state index < -0.39 is 5.63 Å². The number of carbonyl (C=O) groups excluding carboxylic acids is 1. The van der Waals surface area contributed by atoms with Gasteiger partial charge in [0.05, 0.1) is 12.8 Å². The predicted octanol–water partition coefficient (Wildman–Crippen LogP) is 2.90. The van der Waals surface area contributed by atoms with Gasteiger partial charge in [-0.3, -0.25) is 4.79 Å². The van der Waals surface area contributed by atoms with Crippen molar-refractivity contribution in [2.75, 3.05) is 12.4 Å². The number of nitrogens with one attached hydrogen (secondary N) is 1. The smallest absolute Gasteiger partial charge is 0.348 e. The molecule has 0 radical (unpaired) electrons. The summed E-state index contributed by atoms with van der Waals surface area (Å²) in [5, 5.41) is 3.05. The fourth-order valence-electron chi connectivity index (χ4n) is 1.90. The van der Waals surface area contributed by atoms with Crippen LogP contribution in [-0.4, -0.2) is 12.9 Å². The second kappa shape index (κ2) is 5.61. The topological polar surface area (TPSA) is 68.5 Å². The Kier molecular flexibility index (Phi) is 3.89. The lowest BCUT2D eigenvalue weighted by atomic mass is 10.1. The Morgan fingerprint density at radius 1 is 1.30 bits per heavy atom. The largest absolute Gasteiger partial charge is 0.497 e. The van der Waals surface area contributed by atoms with Crippen molar-refractivity contribution in [2.24, 2.45) is 0 Å². The summed E-state index contributed by atoms with van der Waals surface area (Å²) >= 11 is 0. The Bertz CT molecular complexity index is 703. The molecule has 5 nitrogen and oxygen atoms in total.